The number of benzene rings is 1. The molecule has 2 rings (SSSR count). The number of methoxy groups -OCH3 is 1. The summed E-state index contributed by atoms with van der Waals surface area (Å²) in [6.07, 6.45) is 1.66. The van der Waals surface area contributed by atoms with Gasteiger partial charge in [0.25, 0.3) is 10.2 Å². The van der Waals surface area contributed by atoms with Crippen molar-refractivity contribution in [3.8, 4) is 0 Å². The average molecular weight is 347 g/mol. The van der Waals surface area contributed by atoms with Gasteiger partial charge in [0.05, 0.1) is 7.11 Å². The largest absolute Gasteiger partial charge is 0.468 e. The second-order valence-electron chi connectivity index (χ2n) is 5.05. The van der Waals surface area contributed by atoms with Gasteiger partial charge in [-0.3, -0.25) is 4.79 Å². The number of carbonyl (C=O) groups is 1. The van der Waals surface area contributed by atoms with Crippen LogP contribution in [0.4, 0.5) is 0 Å². The molecule has 1 fully saturated rings. The van der Waals surface area contributed by atoms with E-state index < -0.39 is 16.2 Å². The highest BCUT2D eigenvalue weighted by atomic mass is 35.5. The Morgan fingerprint density at radius 3 is 2.55 bits per heavy atom. The minimum Gasteiger partial charge on any atom is -0.468 e. The fourth-order valence-corrected chi connectivity index (χ4v) is 4.14. The van der Waals surface area contributed by atoms with Gasteiger partial charge in [-0.2, -0.15) is 17.0 Å². The molecule has 8 heteroatoms. The standard InChI is InChI=1S/C14H19ClN2O4S/c1-21-14(18)11-17(10-12-6-2-3-7-13(12)15)22(19,20)16-8-4-5-9-16/h2-3,6-7H,4-5,8-11H2,1H3. The summed E-state index contributed by atoms with van der Waals surface area (Å²) < 4.78 is 32.5. The van der Waals surface area contributed by atoms with E-state index in [0.717, 1.165) is 17.1 Å². The summed E-state index contributed by atoms with van der Waals surface area (Å²) in [5.41, 5.74) is 0.649. The maximum absolute atomic E-state index is 12.7. The van der Waals surface area contributed by atoms with Gasteiger partial charge in [-0.05, 0) is 24.5 Å². The lowest BCUT2D eigenvalue weighted by Gasteiger charge is -2.26. The summed E-state index contributed by atoms with van der Waals surface area (Å²) in [4.78, 5) is 11.6. The minimum absolute atomic E-state index is 0.0353. The molecule has 0 bridgehead atoms. The zero-order valence-electron chi connectivity index (χ0n) is 12.4. The van der Waals surface area contributed by atoms with Crippen LogP contribution in [0.2, 0.25) is 5.02 Å². The quantitative estimate of drug-likeness (QED) is 0.735. The van der Waals surface area contributed by atoms with Crippen molar-refractivity contribution in [1.82, 2.24) is 8.61 Å². The van der Waals surface area contributed by atoms with E-state index in [1.54, 1.807) is 24.3 Å². The lowest BCUT2D eigenvalue weighted by molar-refractivity contribution is -0.140. The van der Waals surface area contributed by atoms with E-state index in [0.29, 0.717) is 23.7 Å². The molecule has 1 heterocycles. The zero-order valence-corrected chi connectivity index (χ0v) is 13.9. The van der Waals surface area contributed by atoms with E-state index >= 15 is 0 Å². The number of carbonyl (C=O) groups excluding carboxylic acids is 1. The Hall–Kier alpha value is -1.15. The van der Waals surface area contributed by atoms with Gasteiger partial charge in [0.2, 0.25) is 0 Å². The maximum atomic E-state index is 12.7. The molecule has 6 nitrogen and oxygen atoms in total. The summed E-state index contributed by atoms with van der Waals surface area (Å²) in [6, 6.07) is 6.98. The SMILES string of the molecule is COC(=O)CN(Cc1ccccc1Cl)S(=O)(=O)N1CCCC1. The highest BCUT2D eigenvalue weighted by Gasteiger charge is 2.33. The normalized spacial score (nSPS) is 16.1. The van der Waals surface area contributed by atoms with Gasteiger partial charge >= 0.3 is 5.97 Å². The summed E-state index contributed by atoms with van der Waals surface area (Å²) in [5.74, 6) is -0.602. The lowest BCUT2D eigenvalue weighted by Crippen LogP contribution is -2.44. The van der Waals surface area contributed by atoms with Crippen LogP contribution < -0.4 is 0 Å². The van der Waals surface area contributed by atoms with E-state index in [-0.39, 0.29) is 13.1 Å². The summed E-state index contributed by atoms with van der Waals surface area (Å²) in [5, 5.41) is 0.467. The number of esters is 1. The molecule has 0 radical (unpaired) electrons. The topological polar surface area (TPSA) is 66.9 Å². The van der Waals surface area contributed by atoms with Gasteiger partial charge in [0.1, 0.15) is 6.54 Å². The molecular weight excluding hydrogens is 328 g/mol. The van der Waals surface area contributed by atoms with E-state index in [9.17, 15) is 13.2 Å². The number of ether oxygens (including phenoxy) is 1. The Kier molecular flexibility index (Phi) is 5.80. The van der Waals surface area contributed by atoms with E-state index in [2.05, 4.69) is 4.74 Å². The van der Waals surface area contributed by atoms with Crippen LogP contribution in [0.1, 0.15) is 18.4 Å². The van der Waals surface area contributed by atoms with Crippen LogP contribution in [0.3, 0.4) is 0 Å². The van der Waals surface area contributed by atoms with Gasteiger partial charge in [-0.25, -0.2) is 0 Å². The molecule has 0 spiro atoms. The molecule has 1 saturated heterocycles. The number of rotatable bonds is 6. The Morgan fingerprint density at radius 1 is 1.32 bits per heavy atom. The van der Waals surface area contributed by atoms with Crippen LogP contribution in [0.5, 0.6) is 0 Å². The molecule has 0 unspecified atom stereocenters. The molecule has 122 valence electrons. The van der Waals surface area contributed by atoms with Gasteiger partial charge in [-0.1, -0.05) is 29.8 Å². The number of halogens is 1. The maximum Gasteiger partial charge on any atom is 0.321 e. The van der Waals surface area contributed by atoms with Crippen molar-refractivity contribution >= 4 is 27.8 Å². The minimum atomic E-state index is -3.71. The van der Waals surface area contributed by atoms with Gasteiger partial charge in [0.15, 0.2) is 0 Å². The molecule has 1 aliphatic rings. The van der Waals surface area contributed by atoms with E-state index in [1.165, 1.54) is 11.4 Å². The molecule has 1 aromatic rings. The van der Waals surface area contributed by atoms with Gasteiger partial charge in [0, 0.05) is 24.7 Å². The molecule has 1 aliphatic heterocycles. The predicted octanol–water partition coefficient (Wildman–Crippen LogP) is 1.66. The number of nitrogens with zero attached hydrogens (tertiary/aromatic N) is 2. The first kappa shape index (κ1) is 17.2. The number of hydrogen-bond donors (Lipinski definition) is 0. The van der Waals surface area contributed by atoms with Crippen LogP contribution in [0, 0.1) is 0 Å². The smallest absolute Gasteiger partial charge is 0.321 e. The molecule has 0 N–H and O–H groups in total. The highest BCUT2D eigenvalue weighted by molar-refractivity contribution is 7.86. The molecule has 0 saturated carbocycles. The first-order chi connectivity index (χ1) is 10.4. The Morgan fingerprint density at radius 2 is 1.95 bits per heavy atom. The third kappa shape index (κ3) is 3.98. The van der Waals surface area contributed by atoms with Crippen molar-refractivity contribution in [2.75, 3.05) is 26.7 Å². The van der Waals surface area contributed by atoms with Crippen molar-refractivity contribution in [2.45, 2.75) is 19.4 Å². The lowest BCUT2D eigenvalue weighted by atomic mass is 10.2. The third-order valence-corrected chi connectivity index (χ3v) is 5.85. The Balaban J connectivity index is 2.26. The van der Waals surface area contributed by atoms with E-state index in [1.807, 2.05) is 0 Å². The van der Waals surface area contributed by atoms with Gasteiger partial charge in [-0.15, -0.1) is 0 Å². The monoisotopic (exact) mass is 346 g/mol. The summed E-state index contributed by atoms with van der Waals surface area (Å²) >= 11 is 6.10. The fourth-order valence-electron chi connectivity index (χ4n) is 2.33. The summed E-state index contributed by atoms with van der Waals surface area (Å²) in [7, 11) is -2.48. The second kappa shape index (κ2) is 7.41. The van der Waals surface area contributed by atoms with Crippen molar-refractivity contribution in [2.24, 2.45) is 0 Å². The van der Waals surface area contributed by atoms with Crippen LogP contribution in [-0.4, -0.2) is 49.7 Å². The van der Waals surface area contributed by atoms with Crippen molar-refractivity contribution < 1.29 is 17.9 Å². The molecule has 22 heavy (non-hydrogen) atoms. The highest BCUT2D eigenvalue weighted by Crippen LogP contribution is 2.22. The van der Waals surface area contributed by atoms with Crippen LogP contribution in [-0.2, 0) is 26.3 Å². The van der Waals surface area contributed by atoms with Gasteiger partial charge < -0.3 is 4.74 Å². The second-order valence-corrected chi connectivity index (χ2v) is 7.39. The molecule has 0 atom stereocenters. The van der Waals surface area contributed by atoms with Crippen molar-refractivity contribution in [3.05, 3.63) is 34.9 Å². The van der Waals surface area contributed by atoms with Crippen molar-refractivity contribution in [3.63, 3.8) is 0 Å². The average Bonchev–Trinajstić information content (AvgIpc) is 3.03. The van der Waals surface area contributed by atoms with E-state index in [4.69, 9.17) is 11.6 Å². The first-order valence-corrected chi connectivity index (χ1v) is 8.78. The summed E-state index contributed by atoms with van der Waals surface area (Å²) in [6.45, 7) is 0.652. The van der Waals surface area contributed by atoms with Crippen molar-refractivity contribution in [1.29, 1.82) is 0 Å². The molecule has 0 aromatic heterocycles. The molecule has 0 aliphatic carbocycles. The molecule has 0 amide bonds. The van der Waals surface area contributed by atoms with Crippen LogP contribution in [0.25, 0.3) is 0 Å². The molecular formula is C14H19ClN2O4S. The predicted molar refractivity (Wildman–Crippen MR) is 83.6 cm³/mol. The van der Waals surface area contributed by atoms with Crippen LogP contribution >= 0.6 is 11.6 Å². The zero-order chi connectivity index (χ0) is 16.2. The first-order valence-electron chi connectivity index (χ1n) is 7.00. The Labute approximate surface area is 135 Å². The Bertz CT molecular complexity index is 629. The molecule has 1 aromatic carbocycles. The third-order valence-electron chi connectivity index (χ3n) is 3.56. The van der Waals surface area contributed by atoms with Crippen LogP contribution in [0.15, 0.2) is 24.3 Å². The number of hydrogen-bond acceptors (Lipinski definition) is 4. The fraction of sp³-hybridized carbons (Fsp3) is 0.500.